The zero-order chi connectivity index (χ0) is 20.5. The third-order valence-corrected chi connectivity index (χ3v) is 4.29. The zero-order valence-electron chi connectivity index (χ0n) is 15.5. The summed E-state index contributed by atoms with van der Waals surface area (Å²) >= 11 is 0. The van der Waals surface area contributed by atoms with Crippen LogP contribution in [0.5, 0.6) is 0 Å². The second-order valence-corrected chi connectivity index (χ2v) is 6.79. The van der Waals surface area contributed by atoms with E-state index in [4.69, 9.17) is 24.4 Å². The zero-order valence-corrected chi connectivity index (χ0v) is 15.5. The molecule has 4 N–H and O–H groups in total. The fourth-order valence-corrected chi connectivity index (χ4v) is 2.63. The van der Waals surface area contributed by atoms with Gasteiger partial charge in [-0.2, -0.15) is 0 Å². The lowest BCUT2D eigenvalue weighted by molar-refractivity contribution is -0.162. The van der Waals surface area contributed by atoms with Gasteiger partial charge in [-0.3, -0.25) is 0 Å². The molecule has 10 heteroatoms. The Kier molecular flexibility index (Phi) is 6.15. The van der Waals surface area contributed by atoms with Crippen molar-refractivity contribution in [3.05, 3.63) is 22.7 Å². The lowest BCUT2D eigenvalue weighted by Gasteiger charge is -2.20. The van der Waals surface area contributed by atoms with Crippen LogP contribution in [-0.4, -0.2) is 75.8 Å². The van der Waals surface area contributed by atoms with E-state index in [1.54, 1.807) is 13.8 Å². The van der Waals surface area contributed by atoms with E-state index in [2.05, 4.69) is 4.74 Å². The molecular formula is C17H24O10. The summed E-state index contributed by atoms with van der Waals surface area (Å²) in [6, 6.07) is 0. The van der Waals surface area contributed by atoms with Gasteiger partial charge in [0.15, 0.2) is 18.0 Å². The summed E-state index contributed by atoms with van der Waals surface area (Å²) in [6.45, 7) is 6.22. The highest BCUT2D eigenvalue weighted by atomic mass is 16.8. The quantitative estimate of drug-likeness (QED) is 0.486. The van der Waals surface area contributed by atoms with Gasteiger partial charge in [0, 0.05) is 0 Å². The summed E-state index contributed by atoms with van der Waals surface area (Å²) in [6.07, 6.45) is -3.52. The first-order chi connectivity index (χ1) is 12.5. The third-order valence-electron chi connectivity index (χ3n) is 4.29. The average Bonchev–Trinajstić information content (AvgIpc) is 3.20. The van der Waals surface area contributed by atoms with E-state index in [0.717, 1.165) is 0 Å². The van der Waals surface area contributed by atoms with E-state index < -0.39 is 48.7 Å². The Bertz CT molecular complexity index is 677. The molecule has 0 aromatic carbocycles. The van der Waals surface area contributed by atoms with Crippen molar-refractivity contribution in [1.29, 1.82) is 0 Å². The Morgan fingerprint density at radius 3 is 2.00 bits per heavy atom. The smallest absolute Gasteiger partial charge is 0.338 e. The Morgan fingerprint density at radius 2 is 1.63 bits per heavy atom. The van der Waals surface area contributed by atoms with Gasteiger partial charge in [0.1, 0.15) is 23.7 Å². The van der Waals surface area contributed by atoms with Crippen molar-refractivity contribution in [3.63, 3.8) is 0 Å². The standard InChI is InChI=1S/C10H14O5.C7H10O5/c1-5-7(11)8(14-9(5)12)6-4-13-10(2,3)15-6;1-3-5(10)6(4(9)2-8)12-7(3)11/h6,8,11H,4H2,1-3H3;4,6,8-10H,2H2,1H3/t6-,8+;4-,6+/m00/s1. The molecule has 1 fully saturated rings. The molecule has 3 heterocycles. The molecule has 10 nitrogen and oxygen atoms in total. The summed E-state index contributed by atoms with van der Waals surface area (Å²) < 4.78 is 20.4. The Balaban J connectivity index is 0.000000199. The number of aliphatic hydroxyl groups excluding tert-OH is 4. The first-order valence-corrected chi connectivity index (χ1v) is 8.30. The maximum absolute atomic E-state index is 11.2. The number of hydrogen-bond acceptors (Lipinski definition) is 10. The average molecular weight is 388 g/mol. The summed E-state index contributed by atoms with van der Waals surface area (Å²) in [5, 5.41) is 36.4. The minimum absolute atomic E-state index is 0.0497. The van der Waals surface area contributed by atoms with Gasteiger partial charge in [0.2, 0.25) is 0 Å². The molecule has 0 unspecified atom stereocenters. The van der Waals surface area contributed by atoms with Crippen LogP contribution in [-0.2, 0) is 28.5 Å². The number of aliphatic hydroxyl groups is 4. The summed E-state index contributed by atoms with van der Waals surface area (Å²) in [7, 11) is 0. The second-order valence-electron chi connectivity index (χ2n) is 6.79. The van der Waals surface area contributed by atoms with Crippen LogP contribution in [0.2, 0.25) is 0 Å². The largest absolute Gasteiger partial charge is 0.508 e. The molecule has 0 amide bonds. The number of cyclic esters (lactones) is 2. The fourth-order valence-electron chi connectivity index (χ4n) is 2.63. The van der Waals surface area contributed by atoms with Crippen molar-refractivity contribution < 1.29 is 49.0 Å². The first-order valence-electron chi connectivity index (χ1n) is 8.30. The highest BCUT2D eigenvalue weighted by Crippen LogP contribution is 2.31. The number of carbonyl (C=O) groups is 2. The van der Waals surface area contributed by atoms with Gasteiger partial charge in [-0.15, -0.1) is 0 Å². The summed E-state index contributed by atoms with van der Waals surface area (Å²) in [5.74, 6) is -2.20. The van der Waals surface area contributed by atoms with Gasteiger partial charge in [-0.25, -0.2) is 9.59 Å². The van der Waals surface area contributed by atoms with Gasteiger partial charge < -0.3 is 39.4 Å². The van der Waals surface area contributed by atoms with E-state index in [-0.39, 0.29) is 22.7 Å². The molecule has 0 bridgehead atoms. The van der Waals surface area contributed by atoms with Crippen LogP contribution in [0.4, 0.5) is 0 Å². The van der Waals surface area contributed by atoms with Crippen molar-refractivity contribution in [3.8, 4) is 0 Å². The number of ether oxygens (including phenoxy) is 4. The molecule has 0 aromatic heterocycles. The Morgan fingerprint density at radius 1 is 1.07 bits per heavy atom. The van der Waals surface area contributed by atoms with Gasteiger partial charge in [0.05, 0.1) is 24.4 Å². The van der Waals surface area contributed by atoms with Crippen LogP contribution in [0.1, 0.15) is 27.7 Å². The monoisotopic (exact) mass is 388 g/mol. The normalized spacial score (nSPS) is 30.8. The van der Waals surface area contributed by atoms with Crippen molar-refractivity contribution in [2.45, 2.75) is 57.9 Å². The SMILES string of the molecule is CC1=C(O)[C@@H]([C@@H](O)CO)OC1=O.CC1=C(O)[C@@H]([C@@H]2COC(C)(C)O2)OC1=O. The number of carbonyl (C=O) groups excluding carboxylic acids is 2. The highest BCUT2D eigenvalue weighted by molar-refractivity contribution is 5.91. The Hall–Kier alpha value is -2.14. The molecule has 3 rings (SSSR count). The van der Waals surface area contributed by atoms with E-state index in [0.29, 0.717) is 6.61 Å². The molecule has 0 spiro atoms. The van der Waals surface area contributed by atoms with Crippen molar-refractivity contribution in [2.24, 2.45) is 0 Å². The van der Waals surface area contributed by atoms with Crippen LogP contribution >= 0.6 is 0 Å². The molecule has 0 radical (unpaired) electrons. The van der Waals surface area contributed by atoms with Crippen LogP contribution in [0.25, 0.3) is 0 Å². The van der Waals surface area contributed by atoms with Gasteiger partial charge >= 0.3 is 11.9 Å². The topological polar surface area (TPSA) is 152 Å². The lowest BCUT2D eigenvalue weighted by Crippen LogP contribution is -2.32. The van der Waals surface area contributed by atoms with Gasteiger partial charge in [-0.05, 0) is 27.7 Å². The predicted molar refractivity (Wildman–Crippen MR) is 88.4 cm³/mol. The molecular weight excluding hydrogens is 364 g/mol. The van der Waals surface area contributed by atoms with Crippen LogP contribution in [0, 0.1) is 0 Å². The fraction of sp³-hybridized carbons (Fsp3) is 0.647. The van der Waals surface area contributed by atoms with E-state index >= 15 is 0 Å². The van der Waals surface area contributed by atoms with Crippen LogP contribution in [0.15, 0.2) is 22.7 Å². The molecule has 4 atom stereocenters. The number of esters is 2. The highest BCUT2D eigenvalue weighted by Gasteiger charge is 2.45. The number of hydrogen-bond donors (Lipinski definition) is 4. The van der Waals surface area contributed by atoms with Crippen LogP contribution in [0.3, 0.4) is 0 Å². The maximum Gasteiger partial charge on any atom is 0.338 e. The van der Waals surface area contributed by atoms with E-state index in [1.165, 1.54) is 13.8 Å². The maximum atomic E-state index is 11.2. The first kappa shape index (κ1) is 21.2. The minimum Gasteiger partial charge on any atom is -0.508 e. The van der Waals surface area contributed by atoms with Crippen molar-refractivity contribution in [2.75, 3.05) is 13.2 Å². The van der Waals surface area contributed by atoms with Gasteiger partial charge in [0.25, 0.3) is 0 Å². The third kappa shape index (κ3) is 4.41. The molecule has 0 saturated carbocycles. The molecule has 0 aromatic rings. The molecule has 3 aliphatic rings. The Labute approximate surface area is 155 Å². The van der Waals surface area contributed by atoms with Crippen molar-refractivity contribution in [1.82, 2.24) is 0 Å². The minimum atomic E-state index is -1.26. The van der Waals surface area contributed by atoms with Gasteiger partial charge in [-0.1, -0.05) is 0 Å². The second kappa shape index (κ2) is 7.85. The summed E-state index contributed by atoms with van der Waals surface area (Å²) in [4.78, 5) is 22.0. The summed E-state index contributed by atoms with van der Waals surface area (Å²) in [5.41, 5.74) is 0.320. The molecule has 3 aliphatic heterocycles. The molecule has 152 valence electrons. The van der Waals surface area contributed by atoms with Crippen molar-refractivity contribution >= 4 is 11.9 Å². The van der Waals surface area contributed by atoms with E-state index in [9.17, 15) is 19.8 Å². The molecule has 0 aliphatic carbocycles. The molecule has 27 heavy (non-hydrogen) atoms. The van der Waals surface area contributed by atoms with Crippen LogP contribution < -0.4 is 0 Å². The number of rotatable bonds is 3. The molecule has 1 saturated heterocycles. The van der Waals surface area contributed by atoms with E-state index in [1.807, 2.05) is 0 Å². The lowest BCUT2D eigenvalue weighted by atomic mass is 10.1. The predicted octanol–water partition coefficient (Wildman–Crippen LogP) is -0.00770.